The van der Waals surface area contributed by atoms with Gasteiger partial charge in [0.1, 0.15) is 0 Å². The molecule has 0 rings (SSSR count). The van der Waals surface area contributed by atoms with E-state index in [2.05, 4.69) is 27.7 Å². The van der Waals surface area contributed by atoms with Crippen molar-refractivity contribution in [2.24, 2.45) is 17.8 Å². The van der Waals surface area contributed by atoms with Crippen LogP contribution in [-0.2, 0) is 9.53 Å². The molecule has 0 N–H and O–H groups in total. The number of rotatable bonds is 7. The van der Waals surface area contributed by atoms with Gasteiger partial charge in [-0.3, -0.25) is 0 Å². The van der Waals surface area contributed by atoms with Crippen molar-refractivity contribution in [3.8, 4) is 0 Å². The van der Waals surface area contributed by atoms with Gasteiger partial charge in [0, 0.05) is 5.57 Å². The number of hydrogen-bond donors (Lipinski definition) is 0. The quantitative estimate of drug-likeness (QED) is 0.395. The van der Waals surface area contributed by atoms with Crippen LogP contribution in [-0.4, -0.2) is 36.5 Å². The van der Waals surface area contributed by atoms with E-state index in [1.54, 1.807) is 0 Å². The van der Waals surface area contributed by atoms with Gasteiger partial charge in [0.15, 0.2) is 0 Å². The van der Waals surface area contributed by atoms with Gasteiger partial charge in [-0.1, -0.05) is 47.6 Å². The van der Waals surface area contributed by atoms with E-state index in [0.717, 1.165) is 18.4 Å². The molecule has 0 amide bonds. The molecule has 3 heteroatoms. The van der Waals surface area contributed by atoms with E-state index in [4.69, 9.17) is 4.74 Å². The summed E-state index contributed by atoms with van der Waals surface area (Å²) in [4.78, 5) is 11.9. The number of ether oxygens (including phenoxy) is 1. The maximum absolute atomic E-state index is 11.9. The summed E-state index contributed by atoms with van der Waals surface area (Å²) in [5, 5.41) is 0. The number of esters is 1. The summed E-state index contributed by atoms with van der Waals surface area (Å²) in [7, 11) is 0. The first-order valence-electron chi connectivity index (χ1n) is 6.69. The van der Waals surface area contributed by atoms with Crippen LogP contribution < -0.4 is 0 Å². The number of hydrogen-bond acceptors (Lipinski definition) is 2. The molecule has 108 valence electrons. The molecule has 18 heavy (non-hydrogen) atoms. The first-order valence-corrected chi connectivity index (χ1v) is 6.69. The van der Waals surface area contributed by atoms with Gasteiger partial charge < -0.3 is 4.74 Å². The molecule has 0 saturated heterocycles. The van der Waals surface area contributed by atoms with Crippen LogP contribution in [0.3, 0.4) is 0 Å². The van der Waals surface area contributed by atoms with Gasteiger partial charge in [-0.15, -0.1) is 0 Å². The molecule has 0 spiro atoms. The first-order chi connectivity index (χ1) is 7.82. The van der Waals surface area contributed by atoms with Crippen molar-refractivity contribution in [3.05, 3.63) is 11.6 Å². The summed E-state index contributed by atoms with van der Waals surface area (Å²) in [6.07, 6.45) is 3.80. The number of allylic oxidation sites excluding steroid dienone is 1. The second-order valence-corrected chi connectivity index (χ2v) is 5.95. The average Bonchev–Trinajstić information content (AvgIpc) is 2.19. The summed E-state index contributed by atoms with van der Waals surface area (Å²) in [6.45, 7) is 13.2. The van der Waals surface area contributed by atoms with Crippen LogP contribution in [0.1, 0.15) is 54.4 Å². The van der Waals surface area contributed by atoms with Gasteiger partial charge in [-0.05, 0) is 30.6 Å². The van der Waals surface area contributed by atoms with Crippen molar-refractivity contribution in [2.75, 3.05) is 6.61 Å². The van der Waals surface area contributed by atoms with E-state index in [-0.39, 0.29) is 29.9 Å². The van der Waals surface area contributed by atoms with Crippen LogP contribution in [0.5, 0.6) is 0 Å². The third kappa shape index (κ3) is 11.1. The molecule has 0 atom stereocenters. The molecule has 0 aromatic carbocycles. The molecule has 2 nitrogen and oxygen atoms in total. The monoisotopic (exact) mass is 364 g/mol. The van der Waals surface area contributed by atoms with E-state index in [0.29, 0.717) is 24.4 Å². The second kappa shape index (κ2) is 10.9. The third-order valence-corrected chi connectivity index (χ3v) is 2.27. The second-order valence-electron chi connectivity index (χ2n) is 5.95. The molecule has 0 aliphatic heterocycles. The Labute approximate surface area is 130 Å². The fourth-order valence-corrected chi connectivity index (χ4v) is 1.40. The van der Waals surface area contributed by atoms with Gasteiger partial charge >= 0.3 is 29.9 Å². The first kappa shape index (κ1) is 20.3. The van der Waals surface area contributed by atoms with Gasteiger partial charge in [0.25, 0.3) is 0 Å². The Bertz CT molecular complexity index is 255. The average molecular weight is 363 g/mol. The zero-order valence-electron chi connectivity index (χ0n) is 12.2. The Morgan fingerprint density at radius 1 is 1.00 bits per heavy atom. The van der Waals surface area contributed by atoms with Gasteiger partial charge in [0.2, 0.25) is 0 Å². The van der Waals surface area contributed by atoms with Crippen molar-refractivity contribution >= 4 is 29.9 Å². The Hall–Kier alpha value is 0.00870. The molecule has 0 unspecified atom stereocenters. The Morgan fingerprint density at radius 3 is 1.94 bits per heavy atom. The summed E-state index contributed by atoms with van der Waals surface area (Å²) in [5.74, 6) is 1.33. The predicted molar refractivity (Wildman–Crippen MR) is 84.1 cm³/mol. The number of carbonyl (C=O) groups excluding carboxylic acids is 1. The van der Waals surface area contributed by atoms with Crippen LogP contribution in [0.2, 0.25) is 0 Å². The summed E-state index contributed by atoms with van der Waals surface area (Å²) in [6, 6.07) is 0. The fraction of sp³-hybridized carbons (Fsp3) is 0.800. The van der Waals surface area contributed by atoms with Crippen molar-refractivity contribution in [2.45, 2.75) is 54.4 Å². The minimum absolute atomic E-state index is 0. The summed E-state index contributed by atoms with van der Waals surface area (Å²) < 4.78 is 5.29. The zero-order valence-corrected chi connectivity index (χ0v) is 12.2. The number of carbonyl (C=O) groups is 1. The Kier molecular flexibility index (Phi) is 12.3. The van der Waals surface area contributed by atoms with Crippen LogP contribution in [0.4, 0.5) is 0 Å². The van der Waals surface area contributed by atoms with Gasteiger partial charge in [-0.25, -0.2) is 4.79 Å². The molecule has 0 bridgehead atoms. The molecule has 0 radical (unpaired) electrons. The third-order valence-electron chi connectivity index (χ3n) is 2.27. The molecule has 0 saturated carbocycles. The van der Waals surface area contributed by atoms with Gasteiger partial charge in [-0.2, -0.15) is 0 Å². The molecule has 0 aliphatic rings. The topological polar surface area (TPSA) is 26.3 Å². The van der Waals surface area contributed by atoms with Gasteiger partial charge in [0.05, 0.1) is 6.61 Å². The Morgan fingerprint density at radius 2 is 1.56 bits per heavy atom. The maximum atomic E-state index is 11.9. The van der Waals surface area contributed by atoms with Crippen LogP contribution in [0.15, 0.2) is 11.6 Å². The minimum atomic E-state index is -0.131. The van der Waals surface area contributed by atoms with Crippen molar-refractivity contribution in [3.63, 3.8) is 0 Å². The molecular formula is C15H32O2Sn. The standard InChI is InChI=1S/C15H28O2.Sn.4H/c1-11(2)7-8-14(9-12(3)4)15(16)17-10-13(5)6;;;;;/h8,11-13H,7,9-10H2,1-6H3;;;;;. The molecular weight excluding hydrogens is 331 g/mol. The van der Waals surface area contributed by atoms with E-state index in [9.17, 15) is 4.79 Å². The SMILES string of the molecule is CC(C)CC=C(CC(C)C)C(=O)OCC(C)C.[SnH4]. The molecule has 0 aromatic rings. The van der Waals surface area contributed by atoms with Crippen molar-refractivity contribution in [1.82, 2.24) is 0 Å². The van der Waals surface area contributed by atoms with Crippen LogP contribution in [0, 0.1) is 17.8 Å². The summed E-state index contributed by atoms with van der Waals surface area (Å²) >= 11 is 0. The van der Waals surface area contributed by atoms with Crippen molar-refractivity contribution < 1.29 is 9.53 Å². The zero-order chi connectivity index (χ0) is 13.4. The van der Waals surface area contributed by atoms with E-state index in [1.807, 2.05) is 19.9 Å². The van der Waals surface area contributed by atoms with E-state index >= 15 is 0 Å². The molecule has 0 heterocycles. The molecule has 0 fully saturated rings. The summed E-state index contributed by atoms with van der Waals surface area (Å²) in [5.41, 5.74) is 0.842. The van der Waals surface area contributed by atoms with Crippen LogP contribution in [0.25, 0.3) is 0 Å². The van der Waals surface area contributed by atoms with E-state index in [1.165, 1.54) is 0 Å². The van der Waals surface area contributed by atoms with E-state index < -0.39 is 0 Å². The Balaban J connectivity index is 0. The molecule has 0 aliphatic carbocycles. The van der Waals surface area contributed by atoms with Crippen molar-refractivity contribution in [1.29, 1.82) is 0 Å². The molecule has 0 aromatic heterocycles. The predicted octanol–water partition coefficient (Wildman–Crippen LogP) is 2.75. The van der Waals surface area contributed by atoms with Crippen LogP contribution >= 0.6 is 0 Å². The normalized spacial score (nSPS) is 11.9. The fourth-order valence-electron chi connectivity index (χ4n) is 1.40.